The first-order chi connectivity index (χ1) is 8.65. The van der Waals surface area contributed by atoms with Crippen molar-refractivity contribution in [3.8, 4) is 0 Å². The Balaban J connectivity index is 2.10. The van der Waals surface area contributed by atoms with Crippen molar-refractivity contribution >= 4 is 11.5 Å². The van der Waals surface area contributed by atoms with E-state index >= 15 is 0 Å². The summed E-state index contributed by atoms with van der Waals surface area (Å²) in [5, 5.41) is 7.57. The number of hydrogen-bond acceptors (Lipinski definition) is 5. The number of nitrogens with one attached hydrogen (secondary N) is 1. The molecule has 0 aromatic carbocycles. The third-order valence-electron chi connectivity index (χ3n) is 2.83. The summed E-state index contributed by atoms with van der Waals surface area (Å²) in [5.41, 5.74) is 7.49. The Morgan fingerprint density at radius 1 is 1.44 bits per heavy atom. The second kappa shape index (κ2) is 5.12. The molecule has 0 saturated heterocycles. The van der Waals surface area contributed by atoms with Crippen molar-refractivity contribution in [2.24, 2.45) is 0 Å². The summed E-state index contributed by atoms with van der Waals surface area (Å²) in [6, 6.07) is 0. The summed E-state index contributed by atoms with van der Waals surface area (Å²) in [4.78, 5) is 4.19. The smallest absolute Gasteiger partial charge is 0.213 e. The highest BCUT2D eigenvalue weighted by Gasteiger charge is 2.12. The van der Waals surface area contributed by atoms with Gasteiger partial charge in [-0.15, -0.1) is 0 Å². The number of nitrogens with zero attached hydrogens (tertiary/aromatic N) is 3. The van der Waals surface area contributed by atoms with Crippen LogP contribution in [0.2, 0.25) is 0 Å². The molecule has 0 aliphatic rings. The predicted molar refractivity (Wildman–Crippen MR) is 70.3 cm³/mol. The van der Waals surface area contributed by atoms with Crippen LogP contribution in [0.1, 0.15) is 31.2 Å². The second-order valence-corrected chi connectivity index (χ2v) is 4.09. The summed E-state index contributed by atoms with van der Waals surface area (Å²) in [6.45, 7) is 7.23. The first-order valence-electron chi connectivity index (χ1n) is 6.16. The fourth-order valence-corrected chi connectivity index (χ4v) is 1.76. The first-order valence-corrected chi connectivity index (χ1v) is 6.16. The van der Waals surface area contributed by atoms with Crippen molar-refractivity contribution in [3.05, 3.63) is 23.5 Å². The van der Waals surface area contributed by atoms with Gasteiger partial charge in [-0.25, -0.2) is 9.67 Å². The highest BCUT2D eigenvalue weighted by Crippen LogP contribution is 2.22. The molecule has 0 amide bonds. The standard InChI is InChI=1S/C12H19N5O/c1-4-9-6-14-10(18-9)7-15-12-11(13)8(3)16-17(12)5-2/h6,15H,4-5,7,13H2,1-3H3. The van der Waals surface area contributed by atoms with Crippen molar-refractivity contribution < 1.29 is 4.42 Å². The van der Waals surface area contributed by atoms with E-state index in [4.69, 9.17) is 10.2 Å². The molecule has 0 atom stereocenters. The molecule has 2 rings (SSSR count). The zero-order chi connectivity index (χ0) is 13.1. The Labute approximate surface area is 106 Å². The molecule has 2 aromatic rings. The molecule has 6 nitrogen and oxygen atoms in total. The number of nitrogens with two attached hydrogens (primary N) is 1. The number of anilines is 2. The van der Waals surface area contributed by atoms with Crippen LogP contribution in [0.15, 0.2) is 10.6 Å². The van der Waals surface area contributed by atoms with E-state index in [1.807, 2.05) is 25.5 Å². The van der Waals surface area contributed by atoms with Crippen LogP contribution in [0.5, 0.6) is 0 Å². The molecule has 0 unspecified atom stereocenters. The fraction of sp³-hybridized carbons (Fsp3) is 0.500. The van der Waals surface area contributed by atoms with Crippen LogP contribution in [0.4, 0.5) is 11.5 Å². The van der Waals surface area contributed by atoms with Crippen LogP contribution >= 0.6 is 0 Å². The van der Waals surface area contributed by atoms with Gasteiger partial charge in [0.1, 0.15) is 11.6 Å². The lowest BCUT2D eigenvalue weighted by Gasteiger charge is -2.07. The number of aryl methyl sites for hydroxylation is 3. The summed E-state index contributed by atoms with van der Waals surface area (Å²) < 4.78 is 7.37. The van der Waals surface area contributed by atoms with E-state index in [0.29, 0.717) is 18.1 Å². The Kier molecular flexibility index (Phi) is 3.55. The maximum Gasteiger partial charge on any atom is 0.213 e. The lowest BCUT2D eigenvalue weighted by atomic mass is 10.4. The van der Waals surface area contributed by atoms with E-state index < -0.39 is 0 Å². The van der Waals surface area contributed by atoms with E-state index in [9.17, 15) is 0 Å². The van der Waals surface area contributed by atoms with Crippen LogP contribution in [0.3, 0.4) is 0 Å². The Hall–Kier alpha value is -1.98. The molecule has 0 aliphatic heterocycles. The Morgan fingerprint density at radius 2 is 2.22 bits per heavy atom. The molecule has 98 valence electrons. The monoisotopic (exact) mass is 249 g/mol. The zero-order valence-corrected chi connectivity index (χ0v) is 11.0. The summed E-state index contributed by atoms with van der Waals surface area (Å²) in [5.74, 6) is 2.37. The first kappa shape index (κ1) is 12.5. The molecule has 0 fully saturated rings. The minimum absolute atomic E-state index is 0.509. The fourth-order valence-electron chi connectivity index (χ4n) is 1.76. The van der Waals surface area contributed by atoms with Crippen LogP contribution in [-0.4, -0.2) is 14.8 Å². The van der Waals surface area contributed by atoms with Crippen molar-refractivity contribution in [2.75, 3.05) is 11.1 Å². The number of aromatic nitrogens is 3. The van der Waals surface area contributed by atoms with Gasteiger partial charge in [-0.3, -0.25) is 0 Å². The molecule has 18 heavy (non-hydrogen) atoms. The van der Waals surface area contributed by atoms with E-state index in [1.165, 1.54) is 0 Å². The summed E-state index contributed by atoms with van der Waals surface area (Å²) in [6.07, 6.45) is 2.60. The maximum atomic E-state index is 5.98. The van der Waals surface area contributed by atoms with Gasteiger partial charge in [0.2, 0.25) is 5.89 Å². The molecule has 3 N–H and O–H groups in total. The minimum Gasteiger partial charge on any atom is -0.444 e. The molecule has 0 aliphatic carbocycles. The van der Waals surface area contributed by atoms with Gasteiger partial charge in [-0.1, -0.05) is 6.92 Å². The Bertz CT molecular complexity index is 529. The molecular formula is C12H19N5O. The van der Waals surface area contributed by atoms with Crippen molar-refractivity contribution in [2.45, 2.75) is 40.3 Å². The van der Waals surface area contributed by atoms with Gasteiger partial charge in [0.05, 0.1) is 24.1 Å². The van der Waals surface area contributed by atoms with E-state index in [1.54, 1.807) is 6.20 Å². The van der Waals surface area contributed by atoms with Gasteiger partial charge in [-0.05, 0) is 13.8 Å². The minimum atomic E-state index is 0.509. The Morgan fingerprint density at radius 3 is 2.83 bits per heavy atom. The SMILES string of the molecule is CCc1cnc(CNc2c(N)c(C)nn2CC)o1. The number of oxazole rings is 1. The van der Waals surface area contributed by atoms with Crippen molar-refractivity contribution in [3.63, 3.8) is 0 Å². The van der Waals surface area contributed by atoms with Gasteiger partial charge >= 0.3 is 0 Å². The van der Waals surface area contributed by atoms with Crippen molar-refractivity contribution in [1.82, 2.24) is 14.8 Å². The maximum absolute atomic E-state index is 5.98. The van der Waals surface area contributed by atoms with Gasteiger partial charge in [0.25, 0.3) is 0 Å². The number of nitrogen functional groups attached to an aromatic ring is 1. The van der Waals surface area contributed by atoms with Crippen LogP contribution in [-0.2, 0) is 19.5 Å². The van der Waals surface area contributed by atoms with Gasteiger partial charge in [0, 0.05) is 13.0 Å². The average Bonchev–Trinajstić information content (AvgIpc) is 2.94. The van der Waals surface area contributed by atoms with Crippen molar-refractivity contribution in [1.29, 1.82) is 0 Å². The molecule has 2 aromatic heterocycles. The third kappa shape index (κ3) is 2.32. The van der Waals surface area contributed by atoms with Crippen LogP contribution in [0, 0.1) is 6.92 Å². The highest BCUT2D eigenvalue weighted by atomic mass is 16.4. The van der Waals surface area contributed by atoms with E-state index in [2.05, 4.69) is 15.4 Å². The quantitative estimate of drug-likeness (QED) is 0.846. The zero-order valence-electron chi connectivity index (χ0n) is 11.0. The normalized spacial score (nSPS) is 10.8. The summed E-state index contributed by atoms with van der Waals surface area (Å²) >= 11 is 0. The largest absolute Gasteiger partial charge is 0.444 e. The van der Waals surface area contributed by atoms with Crippen LogP contribution in [0.25, 0.3) is 0 Å². The van der Waals surface area contributed by atoms with Gasteiger partial charge in [-0.2, -0.15) is 5.10 Å². The van der Waals surface area contributed by atoms with Crippen LogP contribution < -0.4 is 11.1 Å². The number of rotatable bonds is 5. The van der Waals surface area contributed by atoms with Gasteiger partial charge in [0.15, 0.2) is 0 Å². The van der Waals surface area contributed by atoms with E-state index in [-0.39, 0.29) is 0 Å². The molecule has 2 heterocycles. The molecule has 0 bridgehead atoms. The predicted octanol–water partition coefficient (Wildman–Crippen LogP) is 1.96. The lowest BCUT2D eigenvalue weighted by Crippen LogP contribution is -2.08. The third-order valence-corrected chi connectivity index (χ3v) is 2.83. The second-order valence-electron chi connectivity index (χ2n) is 4.09. The topological polar surface area (TPSA) is 81.9 Å². The molecular weight excluding hydrogens is 230 g/mol. The van der Waals surface area contributed by atoms with Gasteiger partial charge < -0.3 is 15.5 Å². The van der Waals surface area contributed by atoms with E-state index in [0.717, 1.165) is 30.2 Å². The number of hydrogen-bond donors (Lipinski definition) is 2. The summed E-state index contributed by atoms with van der Waals surface area (Å²) in [7, 11) is 0. The highest BCUT2D eigenvalue weighted by molar-refractivity contribution is 5.64. The molecule has 6 heteroatoms. The average molecular weight is 249 g/mol. The molecule has 0 saturated carbocycles. The lowest BCUT2D eigenvalue weighted by molar-refractivity contribution is 0.465. The molecule has 0 radical (unpaired) electrons. The molecule has 0 spiro atoms.